The van der Waals surface area contributed by atoms with Crippen LogP contribution in [0.25, 0.3) is 0 Å². The van der Waals surface area contributed by atoms with Gasteiger partial charge in [-0.1, -0.05) is 30.1 Å². The Balaban J connectivity index is 2.47. The van der Waals surface area contributed by atoms with Crippen LogP contribution in [0.3, 0.4) is 0 Å². The number of hydrogen-bond donors (Lipinski definition) is 1. The Morgan fingerprint density at radius 2 is 2.05 bits per heavy atom. The summed E-state index contributed by atoms with van der Waals surface area (Å²) in [7, 11) is 0. The van der Waals surface area contributed by atoms with E-state index in [1.165, 1.54) is 17.4 Å². The molecule has 5 heteroatoms. The summed E-state index contributed by atoms with van der Waals surface area (Å²) in [5.74, 6) is -0.266. The zero-order valence-corrected chi connectivity index (χ0v) is 13.0. The van der Waals surface area contributed by atoms with E-state index in [0.29, 0.717) is 10.6 Å². The van der Waals surface area contributed by atoms with Crippen molar-refractivity contribution < 1.29 is 4.39 Å². The second-order valence-corrected chi connectivity index (χ2v) is 6.38. The van der Waals surface area contributed by atoms with Crippen LogP contribution in [-0.2, 0) is 0 Å². The van der Waals surface area contributed by atoms with Gasteiger partial charge in [0.2, 0.25) is 0 Å². The molecule has 0 aliphatic rings. The van der Waals surface area contributed by atoms with Crippen molar-refractivity contribution in [3.8, 4) is 0 Å². The van der Waals surface area contributed by atoms with Gasteiger partial charge in [0.1, 0.15) is 5.82 Å². The number of rotatable bonds is 4. The summed E-state index contributed by atoms with van der Waals surface area (Å²) >= 11 is 13.5. The molecule has 1 unspecified atom stereocenters. The maximum Gasteiger partial charge on any atom is 0.128 e. The molecule has 102 valence electrons. The van der Waals surface area contributed by atoms with Gasteiger partial charge >= 0.3 is 0 Å². The van der Waals surface area contributed by atoms with Crippen molar-refractivity contribution >= 4 is 34.5 Å². The van der Waals surface area contributed by atoms with Gasteiger partial charge in [-0.25, -0.2) is 4.39 Å². The first-order chi connectivity index (χ1) is 9.02. The van der Waals surface area contributed by atoms with Crippen LogP contribution < -0.4 is 5.32 Å². The molecule has 0 saturated carbocycles. The molecule has 1 aromatic carbocycles. The third-order valence-corrected chi connectivity index (χ3v) is 4.69. The Morgan fingerprint density at radius 1 is 1.32 bits per heavy atom. The first-order valence-corrected chi connectivity index (χ1v) is 7.54. The van der Waals surface area contributed by atoms with Crippen LogP contribution in [0.2, 0.25) is 9.36 Å². The van der Waals surface area contributed by atoms with Crippen molar-refractivity contribution in [1.29, 1.82) is 0 Å². The molecule has 1 heterocycles. The average Bonchev–Trinajstić information content (AvgIpc) is 2.70. The smallest absolute Gasteiger partial charge is 0.128 e. The van der Waals surface area contributed by atoms with Gasteiger partial charge in [0, 0.05) is 15.5 Å². The zero-order chi connectivity index (χ0) is 14.0. The first-order valence-electron chi connectivity index (χ1n) is 5.97. The Morgan fingerprint density at radius 3 is 2.63 bits per heavy atom. The number of halogens is 3. The van der Waals surface area contributed by atoms with Gasteiger partial charge in [-0.3, -0.25) is 0 Å². The van der Waals surface area contributed by atoms with Crippen molar-refractivity contribution in [3.63, 3.8) is 0 Å². The third-order valence-electron chi connectivity index (χ3n) is 2.84. The Kier molecular flexibility index (Phi) is 4.85. The fourth-order valence-electron chi connectivity index (χ4n) is 1.93. The fraction of sp³-hybridized carbons (Fsp3) is 0.286. The molecule has 0 fully saturated rings. The molecule has 0 bridgehead atoms. The SMILES string of the molecule is CCNC(c1cc(C)c(Cl)s1)c1cc(Cl)ccc1F. The van der Waals surface area contributed by atoms with E-state index in [2.05, 4.69) is 5.32 Å². The lowest BCUT2D eigenvalue weighted by Crippen LogP contribution is -2.22. The molecule has 1 N–H and O–H groups in total. The molecule has 19 heavy (non-hydrogen) atoms. The van der Waals surface area contributed by atoms with E-state index in [0.717, 1.165) is 21.3 Å². The summed E-state index contributed by atoms with van der Waals surface area (Å²) < 4.78 is 14.7. The minimum absolute atomic E-state index is 0.222. The normalized spacial score (nSPS) is 12.7. The molecule has 1 atom stereocenters. The lowest BCUT2D eigenvalue weighted by atomic mass is 10.0. The van der Waals surface area contributed by atoms with Gasteiger partial charge in [-0.05, 0) is 43.3 Å². The summed E-state index contributed by atoms with van der Waals surface area (Å²) in [6.07, 6.45) is 0. The molecule has 0 aliphatic heterocycles. The number of benzene rings is 1. The number of thiophene rings is 1. The predicted octanol–water partition coefficient (Wildman–Crippen LogP) is 5.20. The number of hydrogen-bond acceptors (Lipinski definition) is 2. The maximum atomic E-state index is 14.0. The Bertz CT molecular complexity index is 563. The van der Waals surface area contributed by atoms with E-state index >= 15 is 0 Å². The van der Waals surface area contributed by atoms with E-state index in [4.69, 9.17) is 23.2 Å². The van der Waals surface area contributed by atoms with E-state index < -0.39 is 0 Å². The number of nitrogens with one attached hydrogen (secondary N) is 1. The molecule has 1 aromatic heterocycles. The summed E-state index contributed by atoms with van der Waals surface area (Å²) in [6.45, 7) is 4.66. The lowest BCUT2D eigenvalue weighted by Gasteiger charge is -2.18. The van der Waals surface area contributed by atoms with Crippen LogP contribution in [0, 0.1) is 12.7 Å². The molecular weight excluding hydrogens is 304 g/mol. The second kappa shape index (κ2) is 6.23. The van der Waals surface area contributed by atoms with Crippen molar-refractivity contribution in [1.82, 2.24) is 5.32 Å². The molecule has 0 amide bonds. The Labute approximate surface area is 126 Å². The van der Waals surface area contributed by atoms with Crippen molar-refractivity contribution in [2.75, 3.05) is 6.54 Å². The van der Waals surface area contributed by atoms with Gasteiger partial charge in [0.05, 0.1) is 10.4 Å². The zero-order valence-electron chi connectivity index (χ0n) is 10.6. The van der Waals surface area contributed by atoms with Crippen LogP contribution in [0.15, 0.2) is 24.3 Å². The molecule has 0 aliphatic carbocycles. The quantitative estimate of drug-likeness (QED) is 0.817. The van der Waals surface area contributed by atoms with Crippen LogP contribution in [-0.4, -0.2) is 6.54 Å². The first kappa shape index (κ1) is 14.8. The topological polar surface area (TPSA) is 12.0 Å². The van der Waals surface area contributed by atoms with Crippen molar-refractivity contribution in [3.05, 3.63) is 55.4 Å². The highest BCUT2D eigenvalue weighted by molar-refractivity contribution is 7.16. The number of aryl methyl sites for hydroxylation is 1. The lowest BCUT2D eigenvalue weighted by molar-refractivity contribution is 0.563. The predicted molar refractivity (Wildman–Crippen MR) is 81.0 cm³/mol. The fourth-order valence-corrected chi connectivity index (χ4v) is 3.42. The molecular formula is C14H14Cl2FNS. The summed E-state index contributed by atoms with van der Waals surface area (Å²) in [4.78, 5) is 0.991. The molecule has 1 nitrogen and oxygen atoms in total. The third kappa shape index (κ3) is 3.29. The van der Waals surface area contributed by atoms with Crippen molar-refractivity contribution in [2.45, 2.75) is 19.9 Å². The van der Waals surface area contributed by atoms with Gasteiger partial charge in [-0.2, -0.15) is 0 Å². The van der Waals surface area contributed by atoms with E-state index in [1.807, 2.05) is 19.9 Å². The Hall–Kier alpha value is -0.610. The minimum Gasteiger partial charge on any atom is -0.306 e. The van der Waals surface area contributed by atoms with Gasteiger partial charge in [-0.15, -0.1) is 11.3 Å². The summed E-state index contributed by atoms with van der Waals surface area (Å²) in [5.41, 5.74) is 1.55. The highest BCUT2D eigenvalue weighted by Gasteiger charge is 2.20. The molecule has 2 rings (SSSR count). The van der Waals surface area contributed by atoms with Crippen molar-refractivity contribution in [2.24, 2.45) is 0 Å². The second-order valence-electron chi connectivity index (χ2n) is 4.26. The van der Waals surface area contributed by atoms with Gasteiger partial charge < -0.3 is 5.32 Å². The largest absolute Gasteiger partial charge is 0.306 e. The van der Waals surface area contributed by atoms with Gasteiger partial charge in [0.15, 0.2) is 0 Å². The van der Waals surface area contributed by atoms with Crippen LogP contribution >= 0.6 is 34.5 Å². The molecule has 0 spiro atoms. The van der Waals surface area contributed by atoms with E-state index in [9.17, 15) is 4.39 Å². The highest BCUT2D eigenvalue weighted by Crippen LogP contribution is 2.35. The van der Waals surface area contributed by atoms with Crippen LogP contribution in [0.1, 0.15) is 29.0 Å². The molecule has 0 radical (unpaired) electrons. The van der Waals surface area contributed by atoms with Crippen LogP contribution in [0.5, 0.6) is 0 Å². The van der Waals surface area contributed by atoms with E-state index in [1.54, 1.807) is 12.1 Å². The summed E-state index contributed by atoms with van der Waals surface area (Å²) in [5, 5.41) is 3.80. The van der Waals surface area contributed by atoms with Crippen LogP contribution in [0.4, 0.5) is 4.39 Å². The monoisotopic (exact) mass is 317 g/mol. The maximum absolute atomic E-state index is 14.0. The minimum atomic E-state index is -0.266. The average molecular weight is 318 g/mol. The molecule has 0 saturated heterocycles. The standard InChI is InChI=1S/C14H14Cl2FNS/c1-3-18-13(12-6-8(2)14(16)19-12)10-7-9(15)4-5-11(10)17/h4-7,13,18H,3H2,1-2H3. The van der Waals surface area contributed by atoms with E-state index in [-0.39, 0.29) is 11.9 Å². The molecule has 2 aromatic rings. The van der Waals surface area contributed by atoms with Gasteiger partial charge in [0.25, 0.3) is 0 Å². The highest BCUT2D eigenvalue weighted by atomic mass is 35.5. The summed E-state index contributed by atoms with van der Waals surface area (Å²) in [6, 6.07) is 6.37.